The van der Waals surface area contributed by atoms with E-state index in [1.165, 1.54) is 11.8 Å². The molecule has 1 amide bonds. The molecule has 0 radical (unpaired) electrons. The number of hydrogen-bond donors (Lipinski definition) is 0. The Balaban J connectivity index is 4.18. The van der Waals surface area contributed by atoms with Gasteiger partial charge in [0.05, 0.1) is 12.5 Å². The Kier molecular flexibility index (Phi) is 9.39. The summed E-state index contributed by atoms with van der Waals surface area (Å²) in [6.07, 6.45) is -0.457. The Hall–Kier alpha value is -1.61. The van der Waals surface area contributed by atoms with E-state index in [9.17, 15) is 9.59 Å². The zero-order valence-electron chi connectivity index (χ0n) is 13.6. The van der Waals surface area contributed by atoms with Crippen LogP contribution in [0.3, 0.4) is 0 Å². The van der Waals surface area contributed by atoms with E-state index in [0.717, 1.165) is 6.42 Å². The van der Waals surface area contributed by atoms with E-state index in [2.05, 4.69) is 13.8 Å². The number of esters is 1. The van der Waals surface area contributed by atoms with E-state index in [0.29, 0.717) is 19.1 Å². The molecule has 6 nitrogen and oxygen atoms in total. The molecule has 2 unspecified atom stereocenters. The lowest BCUT2D eigenvalue weighted by Crippen LogP contribution is -2.39. The van der Waals surface area contributed by atoms with Crippen molar-refractivity contribution in [1.82, 2.24) is 4.90 Å². The van der Waals surface area contributed by atoms with Crippen LogP contribution in [0.1, 0.15) is 40.5 Å². The van der Waals surface area contributed by atoms with Gasteiger partial charge in [0.25, 0.3) is 5.91 Å². The summed E-state index contributed by atoms with van der Waals surface area (Å²) in [7, 11) is 1.58. The highest BCUT2D eigenvalue weighted by Gasteiger charge is 2.24. The maximum absolute atomic E-state index is 11.9. The van der Waals surface area contributed by atoms with Crippen LogP contribution >= 0.6 is 0 Å². The van der Waals surface area contributed by atoms with E-state index in [4.69, 9.17) is 14.7 Å². The zero-order valence-corrected chi connectivity index (χ0v) is 13.6. The summed E-state index contributed by atoms with van der Waals surface area (Å²) in [5, 5.41) is 8.49. The number of nitriles is 1. The summed E-state index contributed by atoms with van der Waals surface area (Å²) in [4.78, 5) is 25.1. The molecule has 0 N–H and O–H groups in total. The Morgan fingerprint density at radius 3 is 2.33 bits per heavy atom. The number of carbonyl (C=O) groups excluding carboxylic acids is 2. The van der Waals surface area contributed by atoms with Gasteiger partial charge >= 0.3 is 5.97 Å². The average molecular weight is 298 g/mol. The Morgan fingerprint density at radius 2 is 1.81 bits per heavy atom. The number of rotatable bonds is 9. The standard InChI is InChI=1S/C15H26N2O4/c1-11(2)7-10-20-13(4)15(19)21-12(3)14(18)17(5)9-6-8-16/h11-13H,6-7,9-10H2,1-5H3. The van der Waals surface area contributed by atoms with Crippen LogP contribution in [0, 0.1) is 17.2 Å². The molecule has 2 atom stereocenters. The summed E-state index contributed by atoms with van der Waals surface area (Å²) < 4.78 is 10.5. The monoisotopic (exact) mass is 298 g/mol. The highest BCUT2D eigenvalue weighted by Crippen LogP contribution is 2.05. The molecular formula is C15H26N2O4. The van der Waals surface area contributed by atoms with Crippen LogP contribution in [0.25, 0.3) is 0 Å². The van der Waals surface area contributed by atoms with E-state index < -0.39 is 18.2 Å². The number of amides is 1. The molecule has 0 fully saturated rings. The highest BCUT2D eigenvalue weighted by molar-refractivity contribution is 5.84. The van der Waals surface area contributed by atoms with Crippen molar-refractivity contribution in [2.24, 2.45) is 5.92 Å². The third kappa shape index (κ3) is 8.30. The third-order valence-corrected chi connectivity index (χ3v) is 2.97. The molecule has 0 aliphatic rings. The molecule has 120 valence electrons. The van der Waals surface area contributed by atoms with Gasteiger partial charge in [-0.3, -0.25) is 4.79 Å². The van der Waals surface area contributed by atoms with Gasteiger partial charge in [-0.1, -0.05) is 13.8 Å². The summed E-state index contributed by atoms with van der Waals surface area (Å²) >= 11 is 0. The van der Waals surface area contributed by atoms with E-state index in [1.807, 2.05) is 6.07 Å². The van der Waals surface area contributed by atoms with Crippen LogP contribution in [0.4, 0.5) is 0 Å². The highest BCUT2D eigenvalue weighted by atomic mass is 16.6. The number of nitrogens with zero attached hydrogens (tertiary/aromatic N) is 2. The molecule has 0 saturated heterocycles. The molecule has 0 aromatic rings. The van der Waals surface area contributed by atoms with Crippen molar-refractivity contribution < 1.29 is 19.1 Å². The minimum absolute atomic E-state index is 0.248. The van der Waals surface area contributed by atoms with Crippen LogP contribution in [0.5, 0.6) is 0 Å². The molecular weight excluding hydrogens is 272 g/mol. The largest absolute Gasteiger partial charge is 0.451 e. The fraction of sp³-hybridized carbons (Fsp3) is 0.800. The Bertz CT molecular complexity index is 376. The Morgan fingerprint density at radius 1 is 1.19 bits per heavy atom. The van der Waals surface area contributed by atoms with E-state index in [1.54, 1.807) is 14.0 Å². The first-order chi connectivity index (χ1) is 9.79. The third-order valence-electron chi connectivity index (χ3n) is 2.97. The Labute approximate surface area is 127 Å². The normalized spacial score (nSPS) is 13.4. The van der Waals surface area contributed by atoms with Crippen LogP contribution in [0.2, 0.25) is 0 Å². The second kappa shape index (κ2) is 10.2. The smallest absolute Gasteiger partial charge is 0.335 e. The predicted octanol–water partition coefficient (Wildman–Crippen LogP) is 1.74. The summed E-state index contributed by atoms with van der Waals surface area (Å²) in [6.45, 7) is 8.08. The zero-order chi connectivity index (χ0) is 16.4. The number of hydrogen-bond acceptors (Lipinski definition) is 5. The molecule has 21 heavy (non-hydrogen) atoms. The fourth-order valence-corrected chi connectivity index (χ4v) is 1.51. The van der Waals surface area contributed by atoms with Gasteiger partial charge in [0.1, 0.15) is 0 Å². The summed E-state index contributed by atoms with van der Waals surface area (Å²) in [5.74, 6) is -0.372. The summed E-state index contributed by atoms with van der Waals surface area (Å²) in [5.41, 5.74) is 0. The minimum atomic E-state index is -0.877. The predicted molar refractivity (Wildman–Crippen MR) is 78.3 cm³/mol. The molecule has 0 bridgehead atoms. The van der Waals surface area contributed by atoms with E-state index in [-0.39, 0.29) is 12.3 Å². The van der Waals surface area contributed by atoms with Gasteiger partial charge in [0, 0.05) is 20.2 Å². The molecule has 0 aliphatic heterocycles. The summed E-state index contributed by atoms with van der Waals surface area (Å²) in [6, 6.07) is 1.96. The lowest BCUT2D eigenvalue weighted by Gasteiger charge is -2.22. The average Bonchev–Trinajstić information content (AvgIpc) is 2.42. The second-order valence-corrected chi connectivity index (χ2v) is 5.44. The first-order valence-corrected chi connectivity index (χ1v) is 7.23. The van der Waals surface area contributed by atoms with Gasteiger partial charge in [0.2, 0.25) is 0 Å². The van der Waals surface area contributed by atoms with Crippen LogP contribution in [-0.2, 0) is 19.1 Å². The van der Waals surface area contributed by atoms with Crippen molar-refractivity contribution >= 4 is 11.9 Å². The van der Waals surface area contributed by atoms with E-state index >= 15 is 0 Å². The molecule has 0 aromatic heterocycles. The van der Waals surface area contributed by atoms with Crippen molar-refractivity contribution in [3.05, 3.63) is 0 Å². The van der Waals surface area contributed by atoms with Crippen molar-refractivity contribution in [1.29, 1.82) is 5.26 Å². The maximum atomic E-state index is 11.9. The molecule has 6 heteroatoms. The van der Waals surface area contributed by atoms with Gasteiger partial charge in [-0.15, -0.1) is 0 Å². The van der Waals surface area contributed by atoms with Crippen molar-refractivity contribution in [2.45, 2.75) is 52.7 Å². The molecule has 0 spiro atoms. The lowest BCUT2D eigenvalue weighted by molar-refractivity contribution is -0.167. The second-order valence-electron chi connectivity index (χ2n) is 5.44. The molecule has 0 heterocycles. The lowest BCUT2D eigenvalue weighted by atomic mass is 10.1. The first kappa shape index (κ1) is 19.4. The van der Waals surface area contributed by atoms with Crippen LogP contribution < -0.4 is 0 Å². The van der Waals surface area contributed by atoms with Crippen LogP contribution in [0.15, 0.2) is 0 Å². The SMILES string of the molecule is CC(C)CCOC(C)C(=O)OC(C)C(=O)N(C)CCC#N. The van der Waals surface area contributed by atoms with Gasteiger partial charge in [-0.05, 0) is 26.2 Å². The molecule has 0 aliphatic carbocycles. The fourth-order valence-electron chi connectivity index (χ4n) is 1.51. The van der Waals surface area contributed by atoms with Crippen molar-refractivity contribution in [3.63, 3.8) is 0 Å². The van der Waals surface area contributed by atoms with Gasteiger partial charge in [0.15, 0.2) is 12.2 Å². The quantitative estimate of drug-likeness (QED) is 0.606. The molecule has 0 saturated carbocycles. The minimum Gasteiger partial charge on any atom is -0.451 e. The van der Waals surface area contributed by atoms with Gasteiger partial charge in [-0.25, -0.2) is 4.79 Å². The molecule has 0 aromatic carbocycles. The van der Waals surface area contributed by atoms with Gasteiger partial charge < -0.3 is 14.4 Å². The first-order valence-electron chi connectivity index (χ1n) is 7.23. The van der Waals surface area contributed by atoms with Crippen molar-refractivity contribution in [3.8, 4) is 6.07 Å². The maximum Gasteiger partial charge on any atom is 0.335 e. The van der Waals surface area contributed by atoms with Gasteiger partial charge in [-0.2, -0.15) is 5.26 Å². The topological polar surface area (TPSA) is 79.6 Å². The number of carbonyl (C=O) groups is 2. The number of ether oxygens (including phenoxy) is 2. The number of likely N-dealkylation sites (N-methyl/N-ethyl adjacent to an activating group) is 1. The molecule has 0 rings (SSSR count). The van der Waals surface area contributed by atoms with Crippen LogP contribution in [-0.4, -0.2) is 49.2 Å². The van der Waals surface area contributed by atoms with Crippen molar-refractivity contribution in [2.75, 3.05) is 20.2 Å².